The van der Waals surface area contributed by atoms with Crippen molar-refractivity contribution in [1.82, 2.24) is 19.7 Å². The number of benzene rings is 2. The summed E-state index contributed by atoms with van der Waals surface area (Å²) in [6.07, 6.45) is 2.80. The Morgan fingerprint density at radius 1 is 1.11 bits per heavy atom. The van der Waals surface area contributed by atoms with Gasteiger partial charge in [0.1, 0.15) is 5.39 Å². The van der Waals surface area contributed by atoms with Gasteiger partial charge in [-0.1, -0.05) is 0 Å². The first kappa shape index (κ1) is 16.1. The zero-order valence-electron chi connectivity index (χ0n) is 14.4. The monoisotopic (exact) mass is 375 g/mol. The van der Waals surface area contributed by atoms with Crippen LogP contribution < -0.4 is 20.3 Å². The normalized spacial score (nSPS) is 12.3. The van der Waals surface area contributed by atoms with Gasteiger partial charge in [-0.05, 0) is 42.5 Å². The molecule has 2 aromatic carbocycles. The molecule has 2 aromatic heterocycles. The third kappa shape index (κ3) is 2.65. The van der Waals surface area contributed by atoms with Crippen LogP contribution in [0.15, 0.2) is 59.8 Å². The summed E-state index contributed by atoms with van der Waals surface area (Å²) in [5.74, 6) is 0.916. The van der Waals surface area contributed by atoms with E-state index < -0.39 is 0 Å². The Kier molecular flexibility index (Phi) is 3.58. The van der Waals surface area contributed by atoms with Crippen molar-refractivity contribution in [1.29, 1.82) is 0 Å². The van der Waals surface area contributed by atoms with Gasteiger partial charge in [-0.25, -0.2) is 9.67 Å². The molecule has 28 heavy (non-hydrogen) atoms. The fourth-order valence-corrected chi connectivity index (χ4v) is 2.97. The molecule has 0 bridgehead atoms. The lowest BCUT2D eigenvalue weighted by Crippen LogP contribution is -2.12. The predicted molar refractivity (Wildman–Crippen MR) is 100 cm³/mol. The molecule has 0 fully saturated rings. The molecule has 0 unspecified atom stereocenters. The number of hydrogen-bond acceptors (Lipinski definition) is 6. The predicted octanol–water partition coefficient (Wildman–Crippen LogP) is 2.09. The van der Waals surface area contributed by atoms with Crippen LogP contribution in [-0.2, 0) is 0 Å². The van der Waals surface area contributed by atoms with Gasteiger partial charge < -0.3 is 19.8 Å². The quantitative estimate of drug-likeness (QED) is 0.567. The van der Waals surface area contributed by atoms with Gasteiger partial charge in [0.25, 0.3) is 11.5 Å². The molecule has 9 nitrogen and oxygen atoms in total. The van der Waals surface area contributed by atoms with Crippen LogP contribution in [0.2, 0.25) is 0 Å². The van der Waals surface area contributed by atoms with E-state index in [-0.39, 0.29) is 18.3 Å². The van der Waals surface area contributed by atoms with Gasteiger partial charge in [-0.15, -0.1) is 0 Å². The summed E-state index contributed by atoms with van der Waals surface area (Å²) < 4.78 is 12.1. The van der Waals surface area contributed by atoms with Gasteiger partial charge in [0.15, 0.2) is 17.1 Å². The third-order valence-corrected chi connectivity index (χ3v) is 4.38. The summed E-state index contributed by atoms with van der Waals surface area (Å²) in [5, 5.41) is 7.46. The maximum atomic E-state index is 12.5. The minimum Gasteiger partial charge on any atom is -0.454 e. The number of nitrogens with zero attached hydrogens (tertiary/aromatic N) is 3. The number of carbonyl (C=O) groups excluding carboxylic acids is 1. The van der Waals surface area contributed by atoms with Crippen molar-refractivity contribution in [2.75, 3.05) is 12.1 Å². The second kappa shape index (κ2) is 6.23. The molecule has 138 valence electrons. The summed E-state index contributed by atoms with van der Waals surface area (Å²) in [6, 6.07) is 12.1. The Labute approximate surface area is 157 Å². The highest BCUT2D eigenvalue weighted by Gasteiger charge is 2.16. The molecule has 1 aliphatic rings. The van der Waals surface area contributed by atoms with Crippen LogP contribution in [-0.4, -0.2) is 32.4 Å². The first-order valence-corrected chi connectivity index (χ1v) is 8.42. The number of anilines is 1. The minimum absolute atomic E-state index is 0.157. The van der Waals surface area contributed by atoms with Crippen LogP contribution in [0.5, 0.6) is 11.5 Å². The molecular weight excluding hydrogens is 362 g/mol. The highest BCUT2D eigenvalue weighted by molar-refractivity contribution is 6.04. The Balaban J connectivity index is 1.38. The Hall–Kier alpha value is -4.14. The van der Waals surface area contributed by atoms with Crippen molar-refractivity contribution in [3.63, 3.8) is 0 Å². The van der Waals surface area contributed by atoms with Gasteiger partial charge in [0.05, 0.1) is 18.2 Å². The fourth-order valence-electron chi connectivity index (χ4n) is 2.97. The Morgan fingerprint density at radius 3 is 2.79 bits per heavy atom. The number of aromatic amines is 1. The topological polar surface area (TPSA) is 111 Å². The second-order valence-electron chi connectivity index (χ2n) is 6.09. The summed E-state index contributed by atoms with van der Waals surface area (Å²) in [5.41, 5.74) is 2.02. The molecular formula is C19H13N5O4. The second-order valence-corrected chi connectivity index (χ2v) is 6.09. The highest BCUT2D eigenvalue weighted by Crippen LogP contribution is 2.32. The van der Waals surface area contributed by atoms with Crippen LogP contribution in [0.1, 0.15) is 10.4 Å². The van der Waals surface area contributed by atoms with Crippen LogP contribution in [0.3, 0.4) is 0 Å². The lowest BCUT2D eigenvalue weighted by Gasteiger charge is -2.08. The van der Waals surface area contributed by atoms with Gasteiger partial charge in [0.2, 0.25) is 6.79 Å². The van der Waals surface area contributed by atoms with E-state index in [1.54, 1.807) is 47.1 Å². The van der Waals surface area contributed by atoms with Gasteiger partial charge >= 0.3 is 0 Å². The number of ether oxygens (including phenoxy) is 2. The molecule has 4 aromatic rings. The Bertz CT molecular complexity index is 1260. The molecule has 3 heterocycles. The highest BCUT2D eigenvalue weighted by atomic mass is 16.7. The smallest absolute Gasteiger partial charge is 0.261 e. The van der Waals surface area contributed by atoms with Gasteiger partial charge in [-0.2, -0.15) is 5.10 Å². The number of H-pyrrole nitrogens is 1. The minimum atomic E-state index is -0.260. The number of fused-ring (bicyclic) bond motifs is 2. The van der Waals surface area contributed by atoms with Crippen LogP contribution in [0.25, 0.3) is 16.7 Å². The third-order valence-electron chi connectivity index (χ3n) is 4.38. The molecule has 0 saturated heterocycles. The molecule has 0 saturated carbocycles. The lowest BCUT2D eigenvalue weighted by molar-refractivity contribution is 0.102. The van der Waals surface area contributed by atoms with E-state index in [9.17, 15) is 9.59 Å². The number of rotatable bonds is 3. The number of hydrogen-bond donors (Lipinski definition) is 2. The molecule has 9 heteroatoms. The summed E-state index contributed by atoms with van der Waals surface area (Å²) in [4.78, 5) is 30.9. The molecule has 0 radical (unpaired) electrons. The largest absolute Gasteiger partial charge is 0.454 e. The summed E-state index contributed by atoms with van der Waals surface area (Å²) >= 11 is 0. The molecule has 5 rings (SSSR count). The zero-order valence-corrected chi connectivity index (χ0v) is 14.4. The number of amides is 1. The van der Waals surface area contributed by atoms with Crippen molar-refractivity contribution < 1.29 is 14.3 Å². The molecule has 0 aliphatic carbocycles. The standard InChI is InChI=1S/C19H13N5O4/c25-18(11-1-6-15-16(7-11)28-10-27-15)23-12-2-4-13(5-3-12)24-17-14(8-22-24)19(26)21-9-20-17/h1-9H,10H2,(H,23,25)(H,20,21,26). The maximum absolute atomic E-state index is 12.5. The summed E-state index contributed by atoms with van der Waals surface area (Å²) in [6.45, 7) is 0.157. The number of carbonyl (C=O) groups is 1. The van der Waals surface area contributed by atoms with Crippen molar-refractivity contribution >= 4 is 22.6 Å². The average molecular weight is 375 g/mol. The van der Waals surface area contributed by atoms with E-state index in [2.05, 4.69) is 20.4 Å². The van der Waals surface area contributed by atoms with Gasteiger partial charge in [0, 0.05) is 11.3 Å². The van der Waals surface area contributed by atoms with Crippen molar-refractivity contribution in [3.05, 3.63) is 70.9 Å². The van der Waals surface area contributed by atoms with E-state index in [4.69, 9.17) is 9.47 Å². The fraction of sp³-hybridized carbons (Fsp3) is 0.0526. The van der Waals surface area contributed by atoms with Gasteiger partial charge in [-0.3, -0.25) is 9.59 Å². The molecule has 0 atom stereocenters. The first-order valence-electron chi connectivity index (χ1n) is 8.42. The molecule has 1 aliphatic heterocycles. The first-order chi connectivity index (χ1) is 13.7. The molecule has 1 amide bonds. The SMILES string of the molecule is O=C(Nc1ccc(-n2ncc3c(=O)[nH]cnc32)cc1)c1ccc2c(c1)OCO2. The van der Waals surface area contributed by atoms with Crippen LogP contribution in [0.4, 0.5) is 5.69 Å². The van der Waals surface area contributed by atoms with E-state index in [0.29, 0.717) is 39.5 Å². The van der Waals surface area contributed by atoms with E-state index in [1.807, 2.05) is 0 Å². The average Bonchev–Trinajstić information content (AvgIpc) is 3.35. The van der Waals surface area contributed by atoms with E-state index >= 15 is 0 Å². The lowest BCUT2D eigenvalue weighted by atomic mass is 10.2. The number of aromatic nitrogens is 4. The van der Waals surface area contributed by atoms with Crippen LogP contribution >= 0.6 is 0 Å². The maximum Gasteiger partial charge on any atom is 0.261 e. The van der Waals surface area contributed by atoms with Crippen molar-refractivity contribution in [2.45, 2.75) is 0 Å². The Morgan fingerprint density at radius 2 is 1.93 bits per heavy atom. The molecule has 0 spiro atoms. The van der Waals surface area contributed by atoms with Crippen molar-refractivity contribution in [2.24, 2.45) is 0 Å². The van der Waals surface area contributed by atoms with E-state index in [1.165, 1.54) is 12.5 Å². The zero-order chi connectivity index (χ0) is 19.1. The van der Waals surface area contributed by atoms with Crippen LogP contribution in [0, 0.1) is 0 Å². The molecule has 2 N–H and O–H groups in total. The van der Waals surface area contributed by atoms with Crippen molar-refractivity contribution in [3.8, 4) is 17.2 Å². The number of nitrogens with one attached hydrogen (secondary N) is 2. The van der Waals surface area contributed by atoms with E-state index in [0.717, 1.165) is 0 Å². The summed E-state index contributed by atoms with van der Waals surface area (Å²) in [7, 11) is 0.